The number of carbonyl (C=O) groups is 1. The van der Waals surface area contributed by atoms with Gasteiger partial charge in [-0.1, -0.05) is 29.8 Å². The maximum absolute atomic E-state index is 12.9. The van der Waals surface area contributed by atoms with Gasteiger partial charge in [-0.05, 0) is 30.3 Å². The van der Waals surface area contributed by atoms with Crippen molar-refractivity contribution >= 4 is 33.2 Å². The number of hydrogen-bond donors (Lipinski definition) is 2. The average molecular weight is 370 g/mol. The number of benzene rings is 2. The highest BCUT2D eigenvalue weighted by atomic mass is 35.5. The van der Waals surface area contributed by atoms with E-state index < -0.39 is 22.5 Å². The Bertz CT molecular complexity index is 828. The normalized spacial score (nSPS) is 11.0. The summed E-state index contributed by atoms with van der Waals surface area (Å²) in [6.45, 7) is -0.490. The smallest absolute Gasteiger partial charge is 0.264 e. The van der Waals surface area contributed by atoms with Gasteiger partial charge in [0, 0.05) is 0 Å². The molecule has 9 heteroatoms. The third-order valence-corrected chi connectivity index (χ3v) is 5.29. The third kappa shape index (κ3) is 3.78. The lowest BCUT2D eigenvalue weighted by molar-refractivity contribution is -0.119. The predicted octanol–water partition coefficient (Wildman–Crippen LogP) is 1.53. The lowest BCUT2D eigenvalue weighted by Crippen LogP contribution is -2.43. The summed E-state index contributed by atoms with van der Waals surface area (Å²) in [4.78, 5) is 11.7. The molecule has 2 aromatic carbocycles. The number of amides is 1. The van der Waals surface area contributed by atoms with Gasteiger partial charge in [0.2, 0.25) is 0 Å². The molecule has 2 rings (SSSR count). The van der Waals surface area contributed by atoms with Crippen LogP contribution in [0.15, 0.2) is 53.4 Å². The zero-order chi connectivity index (χ0) is 17.7. The van der Waals surface area contributed by atoms with Crippen LogP contribution >= 0.6 is 11.6 Å². The second-order valence-corrected chi connectivity index (χ2v) is 6.98. The maximum Gasteiger partial charge on any atom is 0.264 e. The Balaban J connectivity index is 2.53. The van der Waals surface area contributed by atoms with Gasteiger partial charge in [0.1, 0.15) is 12.3 Å². The Morgan fingerprint density at radius 1 is 1.25 bits per heavy atom. The monoisotopic (exact) mass is 369 g/mol. The van der Waals surface area contributed by atoms with Crippen LogP contribution in [0.25, 0.3) is 0 Å². The summed E-state index contributed by atoms with van der Waals surface area (Å²) in [7, 11) is -2.53. The molecule has 1 amide bonds. The molecule has 24 heavy (non-hydrogen) atoms. The summed E-state index contributed by atoms with van der Waals surface area (Å²) in [6.07, 6.45) is 0. The van der Waals surface area contributed by atoms with Gasteiger partial charge in [0.05, 0.1) is 22.7 Å². The molecule has 0 aliphatic rings. The molecule has 7 nitrogen and oxygen atoms in total. The number of nitrogens with two attached hydrogens (primary N) is 1. The quantitative estimate of drug-likeness (QED) is 0.457. The van der Waals surface area contributed by atoms with E-state index in [1.54, 1.807) is 18.2 Å². The number of methoxy groups -OCH3 is 1. The van der Waals surface area contributed by atoms with Crippen LogP contribution in [-0.2, 0) is 14.8 Å². The van der Waals surface area contributed by atoms with Crippen molar-refractivity contribution in [2.45, 2.75) is 4.90 Å². The lowest BCUT2D eigenvalue weighted by atomic mass is 10.3. The Hall–Kier alpha value is -2.29. The fourth-order valence-corrected chi connectivity index (χ4v) is 3.71. The van der Waals surface area contributed by atoms with Crippen LogP contribution in [0.2, 0.25) is 5.02 Å². The molecule has 0 unspecified atom stereocenters. The fourth-order valence-electron chi connectivity index (χ4n) is 2.02. The Kier molecular flexibility index (Phi) is 5.66. The number of nitrogens with one attached hydrogen (secondary N) is 1. The molecule has 128 valence electrons. The summed E-state index contributed by atoms with van der Waals surface area (Å²) < 4.78 is 31.7. The van der Waals surface area contributed by atoms with Crippen molar-refractivity contribution in [3.8, 4) is 5.75 Å². The highest BCUT2D eigenvalue weighted by Gasteiger charge is 2.27. The predicted molar refractivity (Wildman–Crippen MR) is 91.3 cm³/mol. The van der Waals surface area contributed by atoms with E-state index in [1.807, 2.05) is 5.43 Å². The second-order valence-electron chi connectivity index (χ2n) is 4.71. The average Bonchev–Trinajstić information content (AvgIpc) is 2.60. The molecule has 3 N–H and O–H groups in total. The zero-order valence-corrected chi connectivity index (χ0v) is 14.3. The summed E-state index contributed by atoms with van der Waals surface area (Å²) in [5, 5.41) is 0.219. The Morgan fingerprint density at radius 3 is 2.46 bits per heavy atom. The van der Waals surface area contributed by atoms with Gasteiger partial charge in [-0.15, -0.1) is 0 Å². The van der Waals surface area contributed by atoms with Gasteiger partial charge in [0.15, 0.2) is 0 Å². The van der Waals surface area contributed by atoms with E-state index in [4.69, 9.17) is 22.2 Å². The van der Waals surface area contributed by atoms with Gasteiger partial charge in [-0.3, -0.25) is 14.5 Å². The van der Waals surface area contributed by atoms with Gasteiger partial charge < -0.3 is 4.74 Å². The summed E-state index contributed by atoms with van der Waals surface area (Å²) in [6, 6.07) is 12.2. The third-order valence-electron chi connectivity index (χ3n) is 3.20. The molecule has 0 fully saturated rings. The molecule has 0 radical (unpaired) electrons. The minimum absolute atomic E-state index is 0.0433. The minimum atomic E-state index is -3.98. The number of rotatable bonds is 6. The molecule has 2 aromatic rings. The number of hydrogen-bond acceptors (Lipinski definition) is 5. The first-order valence-corrected chi connectivity index (χ1v) is 8.62. The number of ether oxygens (including phenoxy) is 1. The number of halogens is 1. The molecule has 0 aromatic heterocycles. The van der Waals surface area contributed by atoms with Crippen molar-refractivity contribution in [3.63, 3.8) is 0 Å². The Morgan fingerprint density at radius 2 is 1.92 bits per heavy atom. The van der Waals surface area contributed by atoms with Crippen LogP contribution in [0.4, 0.5) is 5.69 Å². The van der Waals surface area contributed by atoms with Crippen LogP contribution in [0, 0.1) is 0 Å². The number of carbonyl (C=O) groups excluding carboxylic acids is 1. The summed E-state index contributed by atoms with van der Waals surface area (Å²) in [5.41, 5.74) is 2.14. The standard InChI is InChI=1S/C15H16ClN3O4S/c1-23-14-8-7-11(9-13(14)16)19(10-15(20)18-17)24(21,22)12-5-3-2-4-6-12/h2-9H,10,17H2,1H3,(H,18,20). The summed E-state index contributed by atoms with van der Waals surface area (Å²) in [5.74, 6) is 4.81. The number of anilines is 1. The molecule has 0 atom stereocenters. The van der Waals surface area contributed by atoms with Gasteiger partial charge in [-0.25, -0.2) is 14.3 Å². The number of hydrazine groups is 1. The molecule has 0 saturated heterocycles. The zero-order valence-electron chi connectivity index (χ0n) is 12.8. The molecule has 0 spiro atoms. The van der Waals surface area contributed by atoms with Crippen molar-refractivity contribution in [3.05, 3.63) is 53.6 Å². The van der Waals surface area contributed by atoms with E-state index in [1.165, 1.54) is 37.4 Å². The largest absolute Gasteiger partial charge is 0.495 e. The molecule has 0 aliphatic heterocycles. The van der Waals surface area contributed by atoms with Crippen LogP contribution < -0.4 is 20.3 Å². The van der Waals surface area contributed by atoms with Crippen molar-refractivity contribution in [1.29, 1.82) is 0 Å². The van der Waals surface area contributed by atoms with Crippen LogP contribution in [0.3, 0.4) is 0 Å². The van der Waals surface area contributed by atoms with Crippen molar-refractivity contribution < 1.29 is 17.9 Å². The molecular formula is C15H16ClN3O4S. The molecular weight excluding hydrogens is 354 g/mol. The van der Waals surface area contributed by atoms with E-state index in [2.05, 4.69) is 0 Å². The molecule has 0 saturated carbocycles. The maximum atomic E-state index is 12.9. The van der Waals surface area contributed by atoms with E-state index >= 15 is 0 Å². The van der Waals surface area contributed by atoms with Gasteiger partial charge in [-0.2, -0.15) is 0 Å². The topological polar surface area (TPSA) is 102 Å². The van der Waals surface area contributed by atoms with Crippen LogP contribution in [-0.4, -0.2) is 28.0 Å². The van der Waals surface area contributed by atoms with Crippen molar-refractivity contribution in [2.75, 3.05) is 18.0 Å². The van der Waals surface area contributed by atoms with E-state index in [0.717, 1.165) is 4.31 Å². The van der Waals surface area contributed by atoms with Gasteiger partial charge in [0.25, 0.3) is 15.9 Å². The highest BCUT2D eigenvalue weighted by molar-refractivity contribution is 7.92. The van der Waals surface area contributed by atoms with Gasteiger partial charge >= 0.3 is 0 Å². The first-order valence-electron chi connectivity index (χ1n) is 6.81. The van der Waals surface area contributed by atoms with E-state index in [-0.39, 0.29) is 15.6 Å². The molecule has 0 bridgehead atoms. The first-order chi connectivity index (χ1) is 11.4. The number of sulfonamides is 1. The minimum Gasteiger partial charge on any atom is -0.495 e. The van der Waals surface area contributed by atoms with Crippen LogP contribution in [0.1, 0.15) is 0 Å². The van der Waals surface area contributed by atoms with Crippen molar-refractivity contribution in [1.82, 2.24) is 5.43 Å². The van der Waals surface area contributed by atoms with E-state index in [0.29, 0.717) is 5.75 Å². The van der Waals surface area contributed by atoms with E-state index in [9.17, 15) is 13.2 Å². The first kappa shape index (κ1) is 18.1. The Labute approximate surface area is 145 Å². The summed E-state index contributed by atoms with van der Waals surface area (Å²) >= 11 is 6.07. The molecule has 0 aliphatic carbocycles. The van der Waals surface area contributed by atoms with Crippen molar-refractivity contribution in [2.24, 2.45) is 5.84 Å². The highest BCUT2D eigenvalue weighted by Crippen LogP contribution is 2.31. The SMILES string of the molecule is COc1ccc(N(CC(=O)NN)S(=O)(=O)c2ccccc2)cc1Cl. The lowest BCUT2D eigenvalue weighted by Gasteiger charge is -2.24. The molecule has 0 heterocycles. The van der Waals surface area contributed by atoms with Crippen LogP contribution in [0.5, 0.6) is 5.75 Å². The fraction of sp³-hybridized carbons (Fsp3) is 0.133. The second kappa shape index (κ2) is 7.52. The number of nitrogens with zero attached hydrogens (tertiary/aromatic N) is 1.